The molecule has 220 valence electrons. The molecule has 4 nitrogen and oxygen atoms in total. The van der Waals surface area contributed by atoms with Gasteiger partial charge in [-0.3, -0.25) is 0 Å². The number of hydrogen-bond donors (Lipinski definition) is 4. The number of anilines is 2. The summed E-state index contributed by atoms with van der Waals surface area (Å²) in [5.74, 6) is 7.97. The van der Waals surface area contributed by atoms with Gasteiger partial charge < -0.3 is 21.7 Å². The predicted octanol–water partition coefficient (Wildman–Crippen LogP) is 9.19. The van der Waals surface area contributed by atoms with Crippen LogP contribution in [-0.2, 0) is 12.8 Å². The molecule has 0 atom stereocenters. The van der Waals surface area contributed by atoms with Crippen LogP contribution in [0.15, 0.2) is 36.4 Å². The molecule has 0 fully saturated rings. The smallest absolute Gasteiger partial charge is 0.138 e. The fourth-order valence-electron chi connectivity index (χ4n) is 4.19. The second-order valence-electron chi connectivity index (χ2n) is 10.0. The number of benzene rings is 2. The van der Waals surface area contributed by atoms with E-state index in [1.807, 2.05) is 24.3 Å². The van der Waals surface area contributed by atoms with E-state index in [1.165, 1.54) is 116 Å². The first kappa shape index (κ1) is 34.2. The van der Waals surface area contributed by atoms with Crippen molar-refractivity contribution >= 4 is 56.5 Å². The number of phenolic OH excluding ortho intramolecular Hbond substituents is 2. The highest BCUT2D eigenvalue weighted by Gasteiger charge is 2.01. The Morgan fingerprint density at radius 1 is 0.462 bits per heavy atom. The maximum Gasteiger partial charge on any atom is 0.138 e. The van der Waals surface area contributed by atoms with Gasteiger partial charge >= 0.3 is 0 Å². The highest BCUT2D eigenvalue weighted by Crippen LogP contribution is 2.25. The van der Waals surface area contributed by atoms with Crippen molar-refractivity contribution in [2.75, 3.05) is 46.0 Å². The Bertz CT molecular complexity index is 829. The highest BCUT2D eigenvalue weighted by molar-refractivity contribution is 8.76. The zero-order chi connectivity index (χ0) is 28.0. The molecule has 0 saturated heterocycles. The normalized spacial score (nSPS) is 11.3. The monoisotopic (exact) mass is 610 g/mol. The molecule has 0 aliphatic carbocycles. The molecule has 8 heteroatoms. The van der Waals surface area contributed by atoms with Crippen LogP contribution < -0.4 is 11.5 Å². The Morgan fingerprint density at radius 3 is 1.31 bits per heavy atom. The minimum absolute atomic E-state index is 0.181. The number of phenols is 2. The maximum absolute atomic E-state index is 9.49. The minimum Gasteiger partial charge on any atom is -0.506 e. The van der Waals surface area contributed by atoms with Gasteiger partial charge in [0.2, 0.25) is 0 Å². The number of aryl methyl sites for hydroxylation is 2. The fourth-order valence-corrected chi connectivity index (χ4v) is 8.47. The number of nitrogen functional groups attached to an aromatic ring is 2. The van der Waals surface area contributed by atoms with Crippen LogP contribution >= 0.6 is 45.1 Å². The lowest BCUT2D eigenvalue weighted by Crippen LogP contribution is -1.92. The number of aromatic hydroxyl groups is 2. The van der Waals surface area contributed by atoms with Gasteiger partial charge in [-0.05, 0) is 116 Å². The predicted molar refractivity (Wildman–Crippen MR) is 183 cm³/mol. The van der Waals surface area contributed by atoms with E-state index < -0.39 is 0 Å². The van der Waals surface area contributed by atoms with E-state index in [4.69, 9.17) is 11.5 Å². The molecule has 0 aromatic heterocycles. The average molecular weight is 611 g/mol. The third-order valence-corrected chi connectivity index (χ3v) is 11.4. The van der Waals surface area contributed by atoms with Crippen LogP contribution in [0.5, 0.6) is 11.5 Å². The standard InChI is InChI=1S/C31H50N2O2S4/c32-28-24-26(14-16-30(28)34)12-5-10-20-36-18-6-1-3-8-22-38-39-23-9-4-2-7-19-37-21-11-13-27-15-17-31(35)29(33)25-27/h14-17,24-25,34-35H,1-13,18-23,32-33H2. The highest BCUT2D eigenvalue weighted by atomic mass is 33.1. The van der Waals surface area contributed by atoms with Crippen molar-refractivity contribution in [1.82, 2.24) is 0 Å². The molecule has 0 heterocycles. The van der Waals surface area contributed by atoms with Crippen molar-refractivity contribution in [3.63, 3.8) is 0 Å². The molecule has 0 bridgehead atoms. The van der Waals surface area contributed by atoms with Gasteiger partial charge in [0, 0.05) is 11.5 Å². The molecule has 2 aromatic rings. The Labute approximate surface area is 254 Å². The van der Waals surface area contributed by atoms with E-state index in [9.17, 15) is 10.2 Å². The van der Waals surface area contributed by atoms with E-state index >= 15 is 0 Å². The van der Waals surface area contributed by atoms with Crippen molar-refractivity contribution in [1.29, 1.82) is 0 Å². The molecule has 0 spiro atoms. The van der Waals surface area contributed by atoms with Crippen molar-refractivity contribution in [2.45, 2.75) is 83.5 Å². The number of unbranched alkanes of at least 4 members (excludes halogenated alkanes) is 7. The minimum atomic E-state index is 0.181. The van der Waals surface area contributed by atoms with Crippen LogP contribution in [0.1, 0.15) is 81.8 Å². The van der Waals surface area contributed by atoms with Crippen LogP contribution in [0.25, 0.3) is 0 Å². The third-order valence-electron chi connectivity index (χ3n) is 6.56. The SMILES string of the molecule is Nc1cc(CCCCSCCCCCCSSCCCCCCSCCCc2ccc(O)c(N)c2)ccc1O. The van der Waals surface area contributed by atoms with E-state index in [0.717, 1.165) is 12.8 Å². The molecule has 0 radical (unpaired) electrons. The van der Waals surface area contributed by atoms with Crippen molar-refractivity contribution in [2.24, 2.45) is 0 Å². The van der Waals surface area contributed by atoms with Gasteiger partial charge in [0.1, 0.15) is 11.5 Å². The van der Waals surface area contributed by atoms with E-state index in [-0.39, 0.29) is 11.5 Å². The van der Waals surface area contributed by atoms with E-state index in [2.05, 4.69) is 45.1 Å². The summed E-state index contributed by atoms with van der Waals surface area (Å²) in [5, 5.41) is 19.0. The van der Waals surface area contributed by atoms with Crippen LogP contribution in [-0.4, -0.2) is 44.7 Å². The van der Waals surface area contributed by atoms with Gasteiger partial charge in [-0.25, -0.2) is 0 Å². The molecule has 0 saturated carbocycles. The summed E-state index contributed by atoms with van der Waals surface area (Å²) in [5.41, 5.74) is 14.9. The fraction of sp³-hybridized carbons (Fsp3) is 0.613. The summed E-state index contributed by atoms with van der Waals surface area (Å²) in [7, 11) is 4.14. The lowest BCUT2D eigenvalue weighted by Gasteiger charge is -2.05. The molecule has 0 aliphatic rings. The first-order valence-electron chi connectivity index (χ1n) is 14.6. The largest absolute Gasteiger partial charge is 0.506 e. The van der Waals surface area contributed by atoms with Crippen molar-refractivity contribution in [3.8, 4) is 11.5 Å². The zero-order valence-electron chi connectivity index (χ0n) is 23.6. The quantitative estimate of drug-likeness (QED) is 0.0405. The number of hydrogen-bond acceptors (Lipinski definition) is 8. The molecule has 39 heavy (non-hydrogen) atoms. The maximum atomic E-state index is 9.49. The zero-order valence-corrected chi connectivity index (χ0v) is 26.8. The summed E-state index contributed by atoms with van der Waals surface area (Å²) < 4.78 is 0. The first-order chi connectivity index (χ1) is 19.1. The van der Waals surface area contributed by atoms with Crippen LogP contribution in [0.2, 0.25) is 0 Å². The molecule has 0 amide bonds. The Kier molecular flexibility index (Phi) is 19.9. The second-order valence-corrected chi connectivity index (χ2v) is 15.2. The third kappa shape index (κ3) is 17.5. The summed E-state index contributed by atoms with van der Waals surface area (Å²) in [6.45, 7) is 0. The molecule has 6 N–H and O–H groups in total. The van der Waals surface area contributed by atoms with Gasteiger partial charge in [-0.1, -0.05) is 59.4 Å². The molecule has 0 unspecified atom stereocenters. The van der Waals surface area contributed by atoms with E-state index in [0.29, 0.717) is 11.4 Å². The molecular weight excluding hydrogens is 561 g/mol. The second kappa shape index (κ2) is 22.7. The number of rotatable bonds is 24. The van der Waals surface area contributed by atoms with Gasteiger partial charge in [0.25, 0.3) is 0 Å². The van der Waals surface area contributed by atoms with Crippen molar-refractivity contribution < 1.29 is 10.2 Å². The first-order valence-corrected chi connectivity index (χ1v) is 19.4. The lowest BCUT2D eigenvalue weighted by molar-refractivity contribution is 0.477. The van der Waals surface area contributed by atoms with Gasteiger partial charge in [-0.2, -0.15) is 23.5 Å². The van der Waals surface area contributed by atoms with Crippen LogP contribution in [0, 0.1) is 0 Å². The summed E-state index contributed by atoms with van der Waals surface area (Å²) in [6, 6.07) is 11.1. The Hall–Kier alpha value is -0.960. The number of thioether (sulfide) groups is 2. The summed E-state index contributed by atoms with van der Waals surface area (Å²) in [4.78, 5) is 0. The molecule has 2 rings (SSSR count). The lowest BCUT2D eigenvalue weighted by atomic mass is 10.1. The topological polar surface area (TPSA) is 92.5 Å². The molecule has 0 aliphatic heterocycles. The van der Waals surface area contributed by atoms with E-state index in [1.54, 1.807) is 12.1 Å². The molecule has 2 aromatic carbocycles. The average Bonchev–Trinajstić information content (AvgIpc) is 2.93. The Balaban J connectivity index is 1.22. The van der Waals surface area contributed by atoms with Gasteiger partial charge in [0.15, 0.2) is 0 Å². The van der Waals surface area contributed by atoms with Crippen LogP contribution in [0.3, 0.4) is 0 Å². The van der Waals surface area contributed by atoms with Crippen molar-refractivity contribution in [3.05, 3.63) is 47.5 Å². The summed E-state index contributed by atoms with van der Waals surface area (Å²) >= 11 is 4.16. The molecular formula is C31H50N2O2S4. The van der Waals surface area contributed by atoms with Crippen LogP contribution in [0.4, 0.5) is 11.4 Å². The van der Waals surface area contributed by atoms with Gasteiger partial charge in [-0.15, -0.1) is 0 Å². The Morgan fingerprint density at radius 2 is 0.846 bits per heavy atom. The van der Waals surface area contributed by atoms with Gasteiger partial charge in [0.05, 0.1) is 11.4 Å². The number of nitrogens with two attached hydrogens (primary N) is 2. The summed E-state index contributed by atoms with van der Waals surface area (Å²) in [6.07, 6.45) is 16.5.